The van der Waals surface area contributed by atoms with Crippen LogP contribution in [-0.4, -0.2) is 12.0 Å². The summed E-state index contributed by atoms with van der Waals surface area (Å²) in [6.45, 7) is 2.20. The van der Waals surface area contributed by atoms with Gasteiger partial charge in [0.1, 0.15) is 0 Å². The molecule has 110 valence electrons. The fraction of sp³-hybridized carbons (Fsp3) is 1.00. The Morgan fingerprint density at radius 2 is 1.28 bits per heavy atom. The van der Waals surface area contributed by atoms with Crippen LogP contribution in [0.15, 0.2) is 0 Å². The molecule has 0 aliphatic rings. The van der Waals surface area contributed by atoms with Gasteiger partial charge < -0.3 is 0 Å². The highest BCUT2D eigenvalue weighted by Gasteiger charge is 2.42. The van der Waals surface area contributed by atoms with Gasteiger partial charge in [-0.05, 0) is 18.0 Å². The summed E-state index contributed by atoms with van der Waals surface area (Å²) in [5, 5.41) is 0. The minimum atomic E-state index is -2.77. The van der Waals surface area contributed by atoms with Crippen LogP contribution in [0.25, 0.3) is 0 Å². The van der Waals surface area contributed by atoms with Crippen molar-refractivity contribution in [1.82, 2.24) is 0 Å². The minimum Gasteiger partial charge on any atom is -0.126 e. The van der Waals surface area contributed by atoms with Crippen LogP contribution in [-0.2, 0) is 0 Å². The van der Waals surface area contributed by atoms with Gasteiger partial charge in [-0.3, -0.25) is 0 Å². The average molecular weight is 409 g/mol. The standard InChI is InChI=1S/C10H20Cl6Si2/c1-2-3-4-5-6-7-8-10(18(14,15)16)9-17(11,12)13/h10H,2-9H2,1H3. The van der Waals surface area contributed by atoms with Gasteiger partial charge in [-0.1, -0.05) is 45.4 Å². The van der Waals surface area contributed by atoms with Gasteiger partial charge in [0.2, 0.25) is 0 Å². The van der Waals surface area contributed by atoms with Gasteiger partial charge >= 0.3 is 12.0 Å². The first kappa shape index (κ1) is 20.2. The Kier molecular flexibility index (Phi) is 11.2. The lowest BCUT2D eigenvalue weighted by Gasteiger charge is -2.24. The number of hydrogen-bond acceptors (Lipinski definition) is 0. The maximum Gasteiger partial charge on any atom is 0.344 e. The van der Waals surface area contributed by atoms with Crippen LogP contribution in [0.2, 0.25) is 11.6 Å². The van der Waals surface area contributed by atoms with Crippen molar-refractivity contribution in [3.63, 3.8) is 0 Å². The lowest BCUT2D eigenvalue weighted by molar-refractivity contribution is 0.583. The van der Waals surface area contributed by atoms with E-state index in [1.165, 1.54) is 32.1 Å². The van der Waals surface area contributed by atoms with Gasteiger partial charge in [0.15, 0.2) is 0 Å². The van der Waals surface area contributed by atoms with Crippen molar-refractivity contribution in [1.29, 1.82) is 0 Å². The van der Waals surface area contributed by atoms with E-state index in [1.54, 1.807) is 0 Å². The van der Waals surface area contributed by atoms with Gasteiger partial charge in [0.05, 0.1) is 0 Å². The predicted molar refractivity (Wildman–Crippen MR) is 93.2 cm³/mol. The Hall–Kier alpha value is 2.17. The van der Waals surface area contributed by atoms with Crippen molar-refractivity contribution in [2.75, 3.05) is 0 Å². The topological polar surface area (TPSA) is 0 Å². The van der Waals surface area contributed by atoms with E-state index in [2.05, 4.69) is 6.92 Å². The molecule has 0 rings (SSSR count). The summed E-state index contributed by atoms with van der Waals surface area (Å²) in [5.41, 5.74) is -0.0205. The summed E-state index contributed by atoms with van der Waals surface area (Å²) in [5.74, 6) is 0. The molecule has 18 heavy (non-hydrogen) atoms. The second-order valence-electron chi connectivity index (χ2n) is 4.61. The highest BCUT2D eigenvalue weighted by molar-refractivity contribution is 7.67. The summed E-state index contributed by atoms with van der Waals surface area (Å²) >= 11 is 36.0. The molecule has 0 spiro atoms. The third-order valence-corrected chi connectivity index (χ3v) is 9.80. The molecule has 1 atom stereocenters. The number of unbranched alkanes of at least 4 members (excludes halogenated alkanes) is 5. The zero-order chi connectivity index (χ0) is 14.2. The molecular weight excluding hydrogens is 389 g/mol. The van der Waals surface area contributed by atoms with Crippen LogP contribution in [0.4, 0.5) is 0 Å². The molecule has 0 aromatic carbocycles. The quantitative estimate of drug-likeness (QED) is 0.200. The van der Waals surface area contributed by atoms with Crippen molar-refractivity contribution in [2.45, 2.75) is 63.5 Å². The molecule has 0 aliphatic heterocycles. The molecular formula is C10H20Cl6Si2. The fourth-order valence-corrected chi connectivity index (χ4v) is 10.9. The first-order valence-corrected chi connectivity index (χ1v) is 16.7. The van der Waals surface area contributed by atoms with Gasteiger partial charge in [-0.2, -0.15) is 0 Å². The van der Waals surface area contributed by atoms with Crippen LogP contribution in [0.3, 0.4) is 0 Å². The first-order valence-electron chi connectivity index (χ1n) is 6.30. The van der Waals surface area contributed by atoms with Crippen molar-refractivity contribution in [3.05, 3.63) is 0 Å². The number of rotatable bonds is 10. The second kappa shape index (κ2) is 9.99. The molecule has 0 fully saturated rings. The summed E-state index contributed by atoms with van der Waals surface area (Å²) < 4.78 is 0. The van der Waals surface area contributed by atoms with Crippen molar-refractivity contribution < 1.29 is 0 Å². The van der Waals surface area contributed by atoms with E-state index in [0.29, 0.717) is 6.04 Å². The number of hydrogen-bond donors (Lipinski definition) is 0. The van der Waals surface area contributed by atoms with E-state index in [1.807, 2.05) is 0 Å². The molecule has 0 saturated heterocycles. The molecule has 0 aromatic heterocycles. The Balaban J connectivity index is 3.96. The van der Waals surface area contributed by atoms with Crippen LogP contribution >= 0.6 is 66.5 Å². The van der Waals surface area contributed by atoms with Crippen LogP contribution in [0, 0.1) is 0 Å². The first-order chi connectivity index (χ1) is 8.17. The monoisotopic (exact) mass is 406 g/mol. The molecule has 0 saturated carbocycles. The van der Waals surface area contributed by atoms with Gasteiger partial charge in [-0.25, -0.2) is 0 Å². The van der Waals surface area contributed by atoms with Gasteiger partial charge in [-0.15, -0.1) is 66.5 Å². The summed E-state index contributed by atoms with van der Waals surface area (Å²) in [6.07, 6.45) is 8.18. The molecule has 0 radical (unpaired) electrons. The highest BCUT2D eigenvalue weighted by Crippen LogP contribution is 2.45. The van der Waals surface area contributed by atoms with E-state index < -0.39 is 12.0 Å². The third-order valence-electron chi connectivity index (χ3n) is 2.85. The summed E-state index contributed by atoms with van der Waals surface area (Å²) in [7, 11) is 0. The van der Waals surface area contributed by atoms with Crippen LogP contribution in [0.1, 0.15) is 51.9 Å². The van der Waals surface area contributed by atoms with E-state index in [0.717, 1.165) is 12.8 Å². The molecule has 0 bridgehead atoms. The number of halogens is 6. The Morgan fingerprint density at radius 3 is 1.72 bits per heavy atom. The predicted octanol–water partition coefficient (Wildman–Crippen LogP) is 7.42. The smallest absolute Gasteiger partial charge is 0.126 e. The van der Waals surface area contributed by atoms with Crippen molar-refractivity contribution in [3.8, 4) is 0 Å². The lowest BCUT2D eigenvalue weighted by atomic mass is 10.1. The fourth-order valence-electron chi connectivity index (χ4n) is 1.83. The second-order valence-corrected chi connectivity index (χ2v) is 22.8. The van der Waals surface area contributed by atoms with Crippen molar-refractivity contribution in [2.24, 2.45) is 0 Å². The molecule has 1 unspecified atom stereocenters. The van der Waals surface area contributed by atoms with E-state index in [4.69, 9.17) is 66.5 Å². The summed E-state index contributed by atoms with van der Waals surface area (Å²) in [4.78, 5) is 0. The molecule has 0 nitrogen and oxygen atoms in total. The Labute approximate surface area is 141 Å². The molecule has 8 heteroatoms. The largest absolute Gasteiger partial charge is 0.344 e. The lowest BCUT2D eigenvalue weighted by Crippen LogP contribution is -2.25. The Bertz CT molecular complexity index is 213. The van der Waals surface area contributed by atoms with E-state index in [9.17, 15) is 0 Å². The zero-order valence-electron chi connectivity index (χ0n) is 10.5. The molecule has 0 aromatic rings. The van der Waals surface area contributed by atoms with Crippen LogP contribution < -0.4 is 0 Å². The normalized spacial score (nSPS) is 14.8. The molecule has 0 aliphatic carbocycles. The van der Waals surface area contributed by atoms with Gasteiger partial charge in [0.25, 0.3) is 0 Å². The third kappa shape index (κ3) is 12.0. The molecule has 0 heterocycles. The van der Waals surface area contributed by atoms with Crippen molar-refractivity contribution >= 4 is 78.5 Å². The highest BCUT2D eigenvalue weighted by atomic mass is 35.8. The maximum atomic E-state index is 6.08. The zero-order valence-corrected chi connectivity index (χ0v) is 17.0. The SMILES string of the molecule is CCCCCCCCC(C[Si](Cl)(Cl)Cl)[Si](Cl)(Cl)Cl. The average Bonchev–Trinajstić information content (AvgIpc) is 2.18. The minimum absolute atomic E-state index is 0.0205. The van der Waals surface area contributed by atoms with Crippen LogP contribution in [0.5, 0.6) is 0 Å². The Morgan fingerprint density at radius 1 is 0.778 bits per heavy atom. The van der Waals surface area contributed by atoms with E-state index >= 15 is 0 Å². The summed E-state index contributed by atoms with van der Waals surface area (Å²) in [6, 6.07) is -5.02. The maximum absolute atomic E-state index is 6.08. The van der Waals surface area contributed by atoms with E-state index in [-0.39, 0.29) is 5.54 Å². The van der Waals surface area contributed by atoms with Gasteiger partial charge in [0, 0.05) is 0 Å². The molecule has 0 amide bonds. The molecule has 0 N–H and O–H groups in total.